The van der Waals surface area contributed by atoms with Gasteiger partial charge in [-0.15, -0.1) is 0 Å². The van der Waals surface area contributed by atoms with E-state index in [-0.39, 0.29) is 29.2 Å². The Hall–Kier alpha value is -4.63. The largest absolute Gasteiger partial charge is 0.508 e. The fraction of sp³-hybridized carbons (Fsp3) is 0.390. The fourth-order valence-corrected chi connectivity index (χ4v) is 8.61. The lowest BCUT2D eigenvalue weighted by molar-refractivity contribution is 0.0816. The van der Waals surface area contributed by atoms with Crippen molar-refractivity contribution in [1.29, 1.82) is 0 Å². The molecule has 2 saturated heterocycles. The maximum Gasteiger partial charge on any atom is 0.254 e. The molecule has 0 saturated carbocycles. The number of carbonyl (C=O) groups is 1. The molecule has 4 aromatic rings. The number of phenols is 1. The number of carbonyl (C=O) groups excluding carboxylic acids is 1. The van der Waals surface area contributed by atoms with Crippen LogP contribution in [0.5, 0.6) is 11.5 Å². The van der Waals surface area contributed by atoms with Crippen LogP contribution in [0, 0.1) is 24.5 Å². The van der Waals surface area contributed by atoms with Crippen molar-refractivity contribution in [3.05, 3.63) is 118 Å². The van der Waals surface area contributed by atoms with Gasteiger partial charge in [-0.25, -0.2) is 8.78 Å². The lowest BCUT2D eigenvalue weighted by Crippen LogP contribution is -2.49. The van der Waals surface area contributed by atoms with Gasteiger partial charge in [0.05, 0.1) is 6.61 Å². The van der Waals surface area contributed by atoms with Crippen LogP contribution in [0.15, 0.2) is 72.8 Å². The molecule has 4 aromatic carbocycles. The highest BCUT2D eigenvalue weighted by Gasteiger charge is 2.36. The zero-order valence-corrected chi connectivity index (χ0v) is 28.7. The molecule has 0 aliphatic carbocycles. The molecule has 1 N–H and O–H groups in total. The van der Waals surface area contributed by atoms with E-state index in [1.807, 2.05) is 43.1 Å². The highest BCUT2D eigenvalue weighted by atomic mass is 19.1. The zero-order valence-electron chi connectivity index (χ0n) is 28.7. The monoisotopic (exact) mass is 678 g/mol. The first-order chi connectivity index (χ1) is 24.2. The van der Waals surface area contributed by atoms with Crippen molar-refractivity contribution in [2.45, 2.75) is 38.1 Å². The number of amides is 1. The molecule has 4 heterocycles. The van der Waals surface area contributed by atoms with Gasteiger partial charge in [0.25, 0.3) is 5.91 Å². The molecule has 50 heavy (non-hydrogen) atoms. The van der Waals surface area contributed by atoms with E-state index in [0.717, 1.165) is 73.4 Å². The Morgan fingerprint density at radius 2 is 1.60 bits per heavy atom. The number of rotatable bonds is 6. The SMILES string of the molecule is Cc1cccc(C2COc3cc(O)ccc3C2c2cc(F)c(N3CCC(CN4CCN(c5ccc6c(c5)CN(C)C6=O)CC4)CC3)c(F)c2)c1. The highest BCUT2D eigenvalue weighted by Crippen LogP contribution is 2.48. The van der Waals surface area contributed by atoms with Gasteiger partial charge < -0.3 is 24.5 Å². The quantitative estimate of drug-likeness (QED) is 0.239. The molecule has 9 heteroatoms. The van der Waals surface area contributed by atoms with Crippen LogP contribution in [0.2, 0.25) is 0 Å². The van der Waals surface area contributed by atoms with E-state index >= 15 is 8.78 Å². The molecule has 4 aliphatic heterocycles. The Bertz CT molecular complexity index is 1890. The number of nitrogens with zero attached hydrogens (tertiary/aromatic N) is 4. The maximum atomic E-state index is 16.1. The van der Waals surface area contributed by atoms with Crippen molar-refractivity contribution in [1.82, 2.24) is 9.80 Å². The number of hydrogen-bond donors (Lipinski definition) is 1. The summed E-state index contributed by atoms with van der Waals surface area (Å²) >= 11 is 0. The Morgan fingerprint density at radius 1 is 0.840 bits per heavy atom. The third-order valence-corrected chi connectivity index (χ3v) is 11.3. The van der Waals surface area contributed by atoms with E-state index in [9.17, 15) is 9.90 Å². The maximum absolute atomic E-state index is 16.1. The third-order valence-electron chi connectivity index (χ3n) is 11.3. The van der Waals surface area contributed by atoms with Crippen LogP contribution in [0.1, 0.15) is 62.9 Å². The van der Waals surface area contributed by atoms with Gasteiger partial charge in [0.2, 0.25) is 0 Å². The molecule has 2 unspecified atom stereocenters. The fourth-order valence-electron chi connectivity index (χ4n) is 8.61. The number of anilines is 2. The van der Waals surface area contributed by atoms with Crippen LogP contribution in [-0.2, 0) is 6.54 Å². The Labute approximate surface area is 292 Å². The summed E-state index contributed by atoms with van der Waals surface area (Å²) in [4.78, 5) is 20.9. The number of hydrogen-bond acceptors (Lipinski definition) is 6. The highest BCUT2D eigenvalue weighted by molar-refractivity contribution is 5.98. The third kappa shape index (κ3) is 6.17. The van der Waals surface area contributed by atoms with Gasteiger partial charge in [-0.05, 0) is 78.8 Å². The Kier molecular flexibility index (Phi) is 8.63. The molecule has 0 spiro atoms. The van der Waals surface area contributed by atoms with E-state index in [2.05, 4.69) is 28.0 Å². The molecular formula is C41H44F2N4O3. The summed E-state index contributed by atoms with van der Waals surface area (Å²) < 4.78 is 38.2. The van der Waals surface area contributed by atoms with Gasteiger partial charge >= 0.3 is 0 Å². The minimum atomic E-state index is -0.535. The van der Waals surface area contributed by atoms with Gasteiger partial charge in [-0.3, -0.25) is 9.69 Å². The van der Waals surface area contributed by atoms with Gasteiger partial charge in [0.1, 0.15) is 28.8 Å². The van der Waals surface area contributed by atoms with Gasteiger partial charge in [-0.2, -0.15) is 0 Å². The topological polar surface area (TPSA) is 59.5 Å². The van der Waals surface area contributed by atoms with E-state index in [1.54, 1.807) is 23.1 Å². The summed E-state index contributed by atoms with van der Waals surface area (Å²) in [6.45, 7) is 9.09. The summed E-state index contributed by atoms with van der Waals surface area (Å²) in [5.74, 6) is -0.331. The number of fused-ring (bicyclic) bond motifs is 2. The molecule has 260 valence electrons. The number of benzene rings is 4. The summed E-state index contributed by atoms with van der Waals surface area (Å²) in [5, 5.41) is 10.1. The van der Waals surface area contributed by atoms with Crippen molar-refractivity contribution in [2.24, 2.45) is 5.92 Å². The van der Waals surface area contributed by atoms with Crippen molar-refractivity contribution >= 4 is 17.3 Å². The van der Waals surface area contributed by atoms with Crippen molar-refractivity contribution in [2.75, 3.05) is 69.3 Å². The number of ether oxygens (including phenoxy) is 1. The molecule has 2 atom stereocenters. The molecule has 0 radical (unpaired) electrons. The molecule has 0 bridgehead atoms. The minimum Gasteiger partial charge on any atom is -0.508 e. The lowest BCUT2D eigenvalue weighted by Gasteiger charge is -2.40. The predicted molar refractivity (Wildman–Crippen MR) is 192 cm³/mol. The van der Waals surface area contributed by atoms with Gasteiger partial charge in [0, 0.05) is 94.1 Å². The molecule has 0 aromatic heterocycles. The van der Waals surface area contributed by atoms with Gasteiger partial charge in [0.15, 0.2) is 0 Å². The Balaban J connectivity index is 0.920. The molecule has 1 amide bonds. The Morgan fingerprint density at radius 3 is 2.34 bits per heavy atom. The van der Waals surface area contributed by atoms with E-state index < -0.39 is 11.6 Å². The second-order valence-corrected chi connectivity index (χ2v) is 14.6. The van der Waals surface area contributed by atoms with Crippen LogP contribution in [0.3, 0.4) is 0 Å². The predicted octanol–water partition coefficient (Wildman–Crippen LogP) is 6.91. The lowest BCUT2D eigenvalue weighted by atomic mass is 9.75. The molecule has 2 fully saturated rings. The first-order valence-electron chi connectivity index (χ1n) is 17.8. The number of phenolic OH excluding ortho intramolecular Hbond substituents is 1. The second-order valence-electron chi connectivity index (χ2n) is 14.6. The average molecular weight is 679 g/mol. The van der Waals surface area contributed by atoms with E-state index in [1.165, 1.54) is 17.8 Å². The van der Waals surface area contributed by atoms with Crippen molar-refractivity contribution < 1.29 is 23.4 Å². The first kappa shape index (κ1) is 32.6. The molecule has 4 aliphatic rings. The summed E-state index contributed by atoms with van der Waals surface area (Å²) in [6, 6.07) is 22.4. The standard InChI is InChI=1S/C41H44F2N4O3/c1-26-4-3-5-28(18-26)35-25-50-38-22-32(48)7-9-34(38)39(35)29-20-36(42)40(37(43)21-29)47-12-10-27(11-13-47)23-45-14-16-46(17-15-45)31-6-8-33-30(19-31)24-44(2)41(33)49/h3-9,18-22,27,35,39,48H,10-17,23-25H2,1-2H3. The smallest absolute Gasteiger partial charge is 0.254 e. The number of halogens is 2. The van der Waals surface area contributed by atoms with E-state index in [0.29, 0.717) is 43.5 Å². The minimum absolute atomic E-state index is 0.0631. The first-order valence-corrected chi connectivity index (χ1v) is 17.8. The summed E-state index contributed by atoms with van der Waals surface area (Å²) in [6.07, 6.45) is 1.78. The molecule has 7 nitrogen and oxygen atoms in total. The normalized spacial score (nSPS) is 21.3. The van der Waals surface area contributed by atoms with Crippen LogP contribution >= 0.6 is 0 Å². The van der Waals surface area contributed by atoms with Crippen LogP contribution in [-0.4, -0.2) is 80.3 Å². The van der Waals surface area contributed by atoms with Crippen LogP contribution < -0.4 is 14.5 Å². The van der Waals surface area contributed by atoms with Crippen molar-refractivity contribution in [3.63, 3.8) is 0 Å². The molecule has 8 rings (SSSR count). The number of piperazine rings is 1. The summed E-state index contributed by atoms with van der Waals surface area (Å²) in [5.41, 5.74) is 6.71. The number of piperidine rings is 1. The van der Waals surface area contributed by atoms with Crippen molar-refractivity contribution in [3.8, 4) is 11.5 Å². The average Bonchev–Trinajstić information content (AvgIpc) is 3.40. The second kappa shape index (κ2) is 13.2. The number of aromatic hydroxyl groups is 1. The van der Waals surface area contributed by atoms with Crippen LogP contribution in [0.4, 0.5) is 20.2 Å². The van der Waals surface area contributed by atoms with E-state index in [4.69, 9.17) is 4.74 Å². The van der Waals surface area contributed by atoms with Crippen LogP contribution in [0.25, 0.3) is 0 Å². The number of aryl methyl sites for hydroxylation is 1. The van der Waals surface area contributed by atoms with Gasteiger partial charge in [-0.1, -0.05) is 35.9 Å². The zero-order chi connectivity index (χ0) is 34.5. The summed E-state index contributed by atoms with van der Waals surface area (Å²) in [7, 11) is 1.84. The molecular weight excluding hydrogens is 634 g/mol.